The van der Waals surface area contributed by atoms with E-state index in [1.54, 1.807) is 18.3 Å². The van der Waals surface area contributed by atoms with Crippen molar-refractivity contribution in [3.8, 4) is 11.5 Å². The maximum absolute atomic E-state index is 13.0. The predicted molar refractivity (Wildman–Crippen MR) is 93.0 cm³/mol. The number of thioether (sulfide) groups is 1. The summed E-state index contributed by atoms with van der Waals surface area (Å²) in [6, 6.07) is 13.4. The molecule has 0 fully saturated rings. The molecule has 1 N–H and O–H groups in total. The summed E-state index contributed by atoms with van der Waals surface area (Å²) in [6.45, 7) is 0. The van der Waals surface area contributed by atoms with Crippen LogP contribution in [0.25, 0.3) is 22.4 Å². The number of nitrogens with zero attached hydrogens (tertiary/aromatic N) is 2. The van der Waals surface area contributed by atoms with Gasteiger partial charge in [-0.15, -0.1) is 10.2 Å². The molecule has 0 spiro atoms. The van der Waals surface area contributed by atoms with Crippen molar-refractivity contribution in [1.82, 2.24) is 15.2 Å². The van der Waals surface area contributed by atoms with E-state index < -0.39 is 0 Å². The predicted octanol–water partition coefficient (Wildman–Crippen LogP) is 4.33. The molecule has 4 rings (SSSR count). The largest absolute Gasteiger partial charge is 0.411 e. The van der Waals surface area contributed by atoms with Crippen LogP contribution in [0, 0.1) is 5.82 Å². The molecule has 7 heteroatoms. The lowest BCUT2D eigenvalue weighted by atomic mass is 10.1. The molecule has 2 aromatic heterocycles. The molecule has 0 saturated carbocycles. The second-order valence-corrected chi connectivity index (χ2v) is 6.27. The minimum Gasteiger partial charge on any atom is -0.411 e. The van der Waals surface area contributed by atoms with Crippen LogP contribution < -0.4 is 0 Å². The van der Waals surface area contributed by atoms with Crippen LogP contribution in [0.3, 0.4) is 0 Å². The molecular weight excluding hydrogens is 341 g/mol. The van der Waals surface area contributed by atoms with Crippen molar-refractivity contribution in [3.63, 3.8) is 0 Å². The highest BCUT2D eigenvalue weighted by Gasteiger charge is 2.15. The summed E-state index contributed by atoms with van der Waals surface area (Å²) in [6.07, 6.45) is 1.71. The minimum absolute atomic E-state index is 0.0241. The van der Waals surface area contributed by atoms with Crippen LogP contribution in [0.5, 0.6) is 0 Å². The maximum atomic E-state index is 13.0. The molecular formula is C18H12FN3O2S. The van der Waals surface area contributed by atoms with Crippen molar-refractivity contribution >= 4 is 28.4 Å². The molecule has 0 bridgehead atoms. The number of fused-ring (bicyclic) bond motifs is 1. The smallest absolute Gasteiger partial charge is 0.277 e. The van der Waals surface area contributed by atoms with E-state index in [-0.39, 0.29) is 17.4 Å². The molecule has 5 nitrogen and oxygen atoms in total. The van der Waals surface area contributed by atoms with Crippen molar-refractivity contribution in [2.75, 3.05) is 5.75 Å². The Hall–Kier alpha value is -2.93. The van der Waals surface area contributed by atoms with Crippen LogP contribution in [-0.2, 0) is 0 Å². The summed E-state index contributed by atoms with van der Waals surface area (Å²) in [5, 5.41) is 9.05. The summed E-state index contributed by atoms with van der Waals surface area (Å²) in [4.78, 5) is 15.5. The standard InChI is InChI=1S/C18H12FN3O2S/c19-12-7-5-11(6-8-12)17-21-22-18(24-17)25-10-16(23)14-9-20-15-4-2-1-3-13(14)15/h1-9,20H,10H2. The van der Waals surface area contributed by atoms with E-state index in [0.717, 1.165) is 10.9 Å². The van der Waals surface area contributed by atoms with Gasteiger partial charge in [0.1, 0.15) is 5.82 Å². The van der Waals surface area contributed by atoms with E-state index >= 15 is 0 Å². The van der Waals surface area contributed by atoms with Gasteiger partial charge in [0.2, 0.25) is 5.89 Å². The van der Waals surface area contributed by atoms with Gasteiger partial charge in [-0.25, -0.2) is 4.39 Å². The zero-order chi connectivity index (χ0) is 17.2. The van der Waals surface area contributed by atoms with Crippen LogP contribution in [0.4, 0.5) is 4.39 Å². The first-order valence-electron chi connectivity index (χ1n) is 7.52. The molecule has 2 heterocycles. The molecule has 4 aromatic rings. The quantitative estimate of drug-likeness (QED) is 0.427. The highest BCUT2D eigenvalue weighted by atomic mass is 32.2. The zero-order valence-corrected chi connectivity index (χ0v) is 13.7. The van der Waals surface area contributed by atoms with Gasteiger partial charge in [-0.3, -0.25) is 4.79 Å². The maximum Gasteiger partial charge on any atom is 0.277 e. The molecule has 0 unspecified atom stereocenters. The SMILES string of the molecule is O=C(CSc1nnc(-c2ccc(F)cc2)o1)c1c[nH]c2ccccc12. The van der Waals surface area contributed by atoms with Gasteiger partial charge in [-0.1, -0.05) is 30.0 Å². The number of aromatic amines is 1. The van der Waals surface area contributed by atoms with Gasteiger partial charge in [-0.05, 0) is 30.3 Å². The fourth-order valence-electron chi connectivity index (χ4n) is 2.48. The van der Waals surface area contributed by atoms with E-state index in [1.807, 2.05) is 24.3 Å². The average Bonchev–Trinajstić information content (AvgIpc) is 3.27. The summed E-state index contributed by atoms with van der Waals surface area (Å²) in [7, 11) is 0. The molecule has 0 aliphatic heterocycles. The first-order chi connectivity index (χ1) is 12.2. The van der Waals surface area contributed by atoms with Crippen LogP contribution in [0.15, 0.2) is 64.4 Å². The third-order valence-electron chi connectivity index (χ3n) is 3.71. The number of para-hydroxylation sites is 1. The van der Waals surface area contributed by atoms with Gasteiger partial charge >= 0.3 is 0 Å². The zero-order valence-electron chi connectivity index (χ0n) is 12.9. The molecule has 0 aliphatic rings. The number of H-pyrrole nitrogens is 1. The van der Waals surface area contributed by atoms with E-state index in [0.29, 0.717) is 22.2 Å². The van der Waals surface area contributed by atoms with E-state index in [2.05, 4.69) is 15.2 Å². The van der Waals surface area contributed by atoms with Gasteiger partial charge in [0.25, 0.3) is 5.22 Å². The monoisotopic (exact) mass is 353 g/mol. The molecule has 0 amide bonds. The lowest BCUT2D eigenvalue weighted by Crippen LogP contribution is -2.01. The Kier molecular flexibility index (Phi) is 4.07. The van der Waals surface area contributed by atoms with Gasteiger partial charge < -0.3 is 9.40 Å². The van der Waals surface area contributed by atoms with Crippen LogP contribution in [-0.4, -0.2) is 26.7 Å². The number of benzene rings is 2. The Balaban J connectivity index is 1.46. The molecule has 0 aliphatic carbocycles. The van der Waals surface area contributed by atoms with Crippen LogP contribution in [0.2, 0.25) is 0 Å². The Morgan fingerprint density at radius 3 is 2.76 bits per heavy atom. The number of aromatic nitrogens is 3. The van der Waals surface area contributed by atoms with Crippen LogP contribution >= 0.6 is 11.8 Å². The van der Waals surface area contributed by atoms with E-state index in [9.17, 15) is 9.18 Å². The third-order valence-corrected chi connectivity index (χ3v) is 4.53. The average molecular weight is 353 g/mol. The normalized spacial score (nSPS) is 11.1. The lowest BCUT2D eigenvalue weighted by Gasteiger charge is -1.97. The summed E-state index contributed by atoms with van der Waals surface area (Å²) >= 11 is 1.18. The van der Waals surface area contributed by atoms with Crippen molar-refractivity contribution in [1.29, 1.82) is 0 Å². The molecule has 25 heavy (non-hydrogen) atoms. The first kappa shape index (κ1) is 15.6. The second-order valence-electron chi connectivity index (χ2n) is 5.34. The van der Waals surface area contributed by atoms with E-state index in [1.165, 1.54) is 23.9 Å². The van der Waals surface area contributed by atoms with Gasteiger partial charge in [0.05, 0.1) is 5.75 Å². The number of nitrogens with one attached hydrogen (secondary N) is 1. The highest BCUT2D eigenvalue weighted by molar-refractivity contribution is 7.99. The van der Waals surface area contributed by atoms with Gasteiger partial charge in [-0.2, -0.15) is 0 Å². The summed E-state index contributed by atoms with van der Waals surface area (Å²) < 4.78 is 18.5. The molecule has 124 valence electrons. The molecule has 2 aromatic carbocycles. The van der Waals surface area contributed by atoms with Gasteiger partial charge in [0, 0.05) is 28.2 Å². The van der Waals surface area contributed by atoms with Crippen LogP contribution in [0.1, 0.15) is 10.4 Å². The first-order valence-corrected chi connectivity index (χ1v) is 8.51. The topological polar surface area (TPSA) is 71.8 Å². The van der Waals surface area contributed by atoms with Crippen molar-refractivity contribution in [3.05, 3.63) is 66.1 Å². The molecule has 0 radical (unpaired) electrons. The molecule has 0 saturated heterocycles. The van der Waals surface area contributed by atoms with Crippen molar-refractivity contribution in [2.45, 2.75) is 5.22 Å². The Morgan fingerprint density at radius 1 is 1.12 bits per heavy atom. The van der Waals surface area contributed by atoms with Crippen molar-refractivity contribution in [2.24, 2.45) is 0 Å². The van der Waals surface area contributed by atoms with E-state index in [4.69, 9.17) is 4.42 Å². The minimum atomic E-state index is -0.331. The van der Waals surface area contributed by atoms with Crippen molar-refractivity contribution < 1.29 is 13.6 Å². The number of hydrogen-bond acceptors (Lipinski definition) is 5. The number of hydrogen-bond donors (Lipinski definition) is 1. The Bertz CT molecular complexity index is 1040. The number of carbonyl (C=O) groups excluding carboxylic acids is 1. The Morgan fingerprint density at radius 2 is 1.92 bits per heavy atom. The fourth-order valence-corrected chi connectivity index (χ4v) is 3.13. The fraction of sp³-hybridized carbons (Fsp3) is 0.0556. The number of rotatable bonds is 5. The Labute approximate surface area is 146 Å². The number of halogens is 1. The third kappa shape index (κ3) is 3.18. The lowest BCUT2D eigenvalue weighted by molar-refractivity contribution is 0.102. The number of Topliss-reactive ketones (excluding diaryl/α,β-unsaturated/α-hetero) is 1. The summed E-state index contributed by atoms with van der Waals surface area (Å²) in [5.74, 6) is 0.126. The number of carbonyl (C=O) groups is 1. The highest BCUT2D eigenvalue weighted by Crippen LogP contribution is 2.25. The summed E-state index contributed by atoms with van der Waals surface area (Å²) in [5.41, 5.74) is 2.19. The number of ketones is 1. The second kappa shape index (κ2) is 6.52. The molecule has 0 atom stereocenters. The van der Waals surface area contributed by atoms with Gasteiger partial charge in [0.15, 0.2) is 5.78 Å².